The van der Waals surface area contributed by atoms with Crippen LogP contribution in [-0.2, 0) is 4.74 Å². The molecule has 0 spiro atoms. The van der Waals surface area contributed by atoms with Crippen molar-refractivity contribution in [1.82, 2.24) is 15.5 Å². The predicted octanol–water partition coefficient (Wildman–Crippen LogP) is 2.13. The summed E-state index contributed by atoms with van der Waals surface area (Å²) in [6, 6.07) is 8.16. The molecule has 1 aliphatic heterocycles. The van der Waals surface area contributed by atoms with Crippen LogP contribution >= 0.6 is 0 Å². The molecule has 0 unspecified atom stereocenters. The van der Waals surface area contributed by atoms with Gasteiger partial charge in [-0.3, -0.25) is 4.99 Å². The van der Waals surface area contributed by atoms with E-state index < -0.39 is 0 Å². The number of nitrogens with zero attached hydrogens (tertiary/aromatic N) is 2. The summed E-state index contributed by atoms with van der Waals surface area (Å²) in [4.78, 5) is 7.16. The summed E-state index contributed by atoms with van der Waals surface area (Å²) in [6.07, 6.45) is 3.13. The molecule has 1 heterocycles. The van der Waals surface area contributed by atoms with Gasteiger partial charge in [0.1, 0.15) is 11.5 Å². The zero-order valence-corrected chi connectivity index (χ0v) is 17.6. The fourth-order valence-corrected chi connectivity index (χ4v) is 3.17. The third-order valence-corrected chi connectivity index (χ3v) is 4.77. The van der Waals surface area contributed by atoms with E-state index in [-0.39, 0.29) is 0 Å². The zero-order valence-electron chi connectivity index (χ0n) is 17.6. The molecule has 1 saturated heterocycles. The number of hydrogen-bond donors (Lipinski definition) is 2. The first-order valence-corrected chi connectivity index (χ1v) is 10.3. The minimum Gasteiger partial charge on any atom is -0.497 e. The van der Waals surface area contributed by atoms with Gasteiger partial charge in [-0.05, 0) is 31.9 Å². The molecule has 2 rings (SSSR count). The molecule has 2 N–H and O–H groups in total. The largest absolute Gasteiger partial charge is 0.497 e. The summed E-state index contributed by atoms with van der Waals surface area (Å²) < 4.78 is 16.2. The first-order valence-electron chi connectivity index (χ1n) is 10.3. The second kappa shape index (κ2) is 13.2. The van der Waals surface area contributed by atoms with Crippen molar-refractivity contribution >= 4 is 5.96 Å². The van der Waals surface area contributed by atoms with Crippen LogP contribution in [0, 0.1) is 0 Å². The summed E-state index contributed by atoms with van der Waals surface area (Å²) in [5.74, 6) is 2.54. The topological polar surface area (TPSA) is 67.4 Å². The quantitative estimate of drug-likeness (QED) is 0.342. The van der Waals surface area contributed by atoms with Crippen molar-refractivity contribution in [2.45, 2.75) is 32.2 Å². The lowest BCUT2D eigenvalue weighted by Crippen LogP contribution is -2.49. The Morgan fingerprint density at radius 3 is 2.68 bits per heavy atom. The molecule has 0 saturated carbocycles. The highest BCUT2D eigenvalue weighted by atomic mass is 16.5. The van der Waals surface area contributed by atoms with Gasteiger partial charge < -0.3 is 29.7 Å². The Morgan fingerprint density at radius 2 is 1.96 bits per heavy atom. The first-order chi connectivity index (χ1) is 13.7. The van der Waals surface area contributed by atoms with Gasteiger partial charge >= 0.3 is 0 Å². The number of benzene rings is 1. The van der Waals surface area contributed by atoms with Crippen molar-refractivity contribution in [1.29, 1.82) is 0 Å². The minimum absolute atomic E-state index is 0.477. The number of nitrogens with one attached hydrogen (secondary N) is 2. The number of ether oxygens (including phenoxy) is 3. The van der Waals surface area contributed by atoms with Gasteiger partial charge in [0.15, 0.2) is 5.96 Å². The van der Waals surface area contributed by atoms with Gasteiger partial charge in [-0.25, -0.2) is 0 Å². The van der Waals surface area contributed by atoms with Crippen molar-refractivity contribution in [3.05, 3.63) is 24.3 Å². The Kier molecular flexibility index (Phi) is 10.5. The van der Waals surface area contributed by atoms with Gasteiger partial charge in [0, 0.05) is 58.4 Å². The van der Waals surface area contributed by atoms with Gasteiger partial charge in [-0.2, -0.15) is 0 Å². The molecule has 1 aromatic carbocycles. The summed E-state index contributed by atoms with van der Waals surface area (Å²) in [7, 11) is 3.42. The van der Waals surface area contributed by atoms with Crippen molar-refractivity contribution in [2.24, 2.45) is 4.99 Å². The Morgan fingerprint density at radius 1 is 1.18 bits per heavy atom. The number of aliphatic imine (C=N–C) groups is 1. The molecule has 0 aliphatic carbocycles. The van der Waals surface area contributed by atoms with Crippen molar-refractivity contribution < 1.29 is 14.2 Å². The number of piperidine rings is 1. The fraction of sp³-hybridized carbons (Fsp3) is 0.667. The third kappa shape index (κ3) is 8.35. The molecule has 158 valence electrons. The number of guanidine groups is 1. The molecule has 28 heavy (non-hydrogen) atoms. The van der Waals surface area contributed by atoms with Crippen LogP contribution in [0.25, 0.3) is 0 Å². The maximum atomic E-state index is 5.78. The molecule has 0 aromatic heterocycles. The first kappa shape index (κ1) is 22.3. The van der Waals surface area contributed by atoms with Crippen LogP contribution in [0.2, 0.25) is 0 Å². The number of methoxy groups -OCH3 is 2. The normalized spacial score (nSPS) is 16.0. The van der Waals surface area contributed by atoms with Gasteiger partial charge in [0.2, 0.25) is 0 Å². The molecule has 1 fully saturated rings. The molecule has 1 aromatic rings. The minimum atomic E-state index is 0.477. The second-order valence-corrected chi connectivity index (χ2v) is 6.89. The highest BCUT2D eigenvalue weighted by Crippen LogP contribution is 2.18. The monoisotopic (exact) mass is 392 g/mol. The van der Waals surface area contributed by atoms with Gasteiger partial charge in [0.25, 0.3) is 0 Å². The smallest absolute Gasteiger partial charge is 0.191 e. The van der Waals surface area contributed by atoms with E-state index in [4.69, 9.17) is 19.2 Å². The van der Waals surface area contributed by atoms with Crippen LogP contribution in [0.3, 0.4) is 0 Å². The molecule has 7 nitrogen and oxygen atoms in total. The van der Waals surface area contributed by atoms with E-state index >= 15 is 0 Å². The van der Waals surface area contributed by atoms with Gasteiger partial charge in [-0.15, -0.1) is 0 Å². The highest BCUT2D eigenvalue weighted by Gasteiger charge is 2.19. The van der Waals surface area contributed by atoms with Crippen LogP contribution in [0.15, 0.2) is 29.3 Å². The van der Waals surface area contributed by atoms with Gasteiger partial charge in [0.05, 0.1) is 20.3 Å². The van der Waals surface area contributed by atoms with Crippen LogP contribution in [0.5, 0.6) is 11.5 Å². The molecular formula is C21H36N4O3. The molecular weight excluding hydrogens is 356 g/mol. The maximum Gasteiger partial charge on any atom is 0.191 e. The number of rotatable bonds is 11. The average molecular weight is 393 g/mol. The summed E-state index contributed by atoms with van der Waals surface area (Å²) >= 11 is 0. The van der Waals surface area contributed by atoms with E-state index in [2.05, 4.69) is 22.5 Å². The summed E-state index contributed by atoms with van der Waals surface area (Å²) in [6.45, 7) is 8.35. The third-order valence-electron chi connectivity index (χ3n) is 4.77. The van der Waals surface area contributed by atoms with Crippen LogP contribution in [0.4, 0.5) is 0 Å². The van der Waals surface area contributed by atoms with Crippen molar-refractivity contribution in [3.63, 3.8) is 0 Å². The molecule has 0 atom stereocenters. The van der Waals surface area contributed by atoms with E-state index in [9.17, 15) is 0 Å². The lowest BCUT2D eigenvalue weighted by atomic mass is 10.1. The van der Waals surface area contributed by atoms with E-state index in [0.29, 0.717) is 12.6 Å². The Hall–Kier alpha value is -1.99. The SMILES string of the molecule is CCNC(=NCCCOc1cccc(OC)c1)NC1CCN(CCOC)CC1. The molecule has 0 bridgehead atoms. The van der Waals surface area contributed by atoms with Crippen molar-refractivity contribution in [2.75, 3.05) is 60.2 Å². The van der Waals surface area contributed by atoms with Gasteiger partial charge in [-0.1, -0.05) is 6.07 Å². The lowest BCUT2D eigenvalue weighted by molar-refractivity contribution is 0.128. The number of hydrogen-bond acceptors (Lipinski definition) is 5. The zero-order chi connectivity index (χ0) is 20.0. The average Bonchev–Trinajstić information content (AvgIpc) is 2.73. The Labute approximate surface area is 169 Å². The standard InChI is InChI=1S/C21H36N4O3/c1-4-22-21(24-18-9-12-25(13-10-18)14-16-26-2)23-11-6-15-28-20-8-5-7-19(17-20)27-3/h5,7-8,17-18H,4,6,9-16H2,1-3H3,(H2,22,23,24). The van der Waals surface area contributed by atoms with Crippen LogP contribution in [0.1, 0.15) is 26.2 Å². The molecule has 1 aliphatic rings. The number of likely N-dealkylation sites (tertiary alicyclic amines) is 1. The lowest BCUT2D eigenvalue weighted by Gasteiger charge is -2.32. The maximum absolute atomic E-state index is 5.78. The predicted molar refractivity (Wildman–Crippen MR) is 114 cm³/mol. The highest BCUT2D eigenvalue weighted by molar-refractivity contribution is 5.80. The van der Waals surface area contributed by atoms with E-state index in [0.717, 1.165) is 76.1 Å². The van der Waals surface area contributed by atoms with Crippen LogP contribution in [-0.4, -0.2) is 77.1 Å². The van der Waals surface area contributed by atoms with Crippen molar-refractivity contribution in [3.8, 4) is 11.5 Å². The van der Waals surface area contributed by atoms with E-state index in [1.54, 1.807) is 14.2 Å². The Balaban J connectivity index is 1.68. The molecule has 7 heteroatoms. The summed E-state index contributed by atoms with van der Waals surface area (Å²) in [5.41, 5.74) is 0. The second-order valence-electron chi connectivity index (χ2n) is 6.89. The Bertz CT molecular complexity index is 575. The molecule has 0 amide bonds. The fourth-order valence-electron chi connectivity index (χ4n) is 3.17. The van der Waals surface area contributed by atoms with E-state index in [1.807, 2.05) is 24.3 Å². The summed E-state index contributed by atoms with van der Waals surface area (Å²) in [5, 5.41) is 6.93. The molecule has 0 radical (unpaired) electrons. The van der Waals surface area contributed by atoms with E-state index in [1.165, 1.54) is 0 Å². The van der Waals surface area contributed by atoms with Crippen LogP contribution < -0.4 is 20.1 Å².